The van der Waals surface area contributed by atoms with E-state index in [1.54, 1.807) is 0 Å². The van der Waals surface area contributed by atoms with E-state index in [-0.39, 0.29) is 0 Å². The van der Waals surface area contributed by atoms with Gasteiger partial charge in [-0.15, -0.1) is 0 Å². The fourth-order valence-electron chi connectivity index (χ4n) is 7.58. The molecule has 3 heteroatoms. The van der Waals surface area contributed by atoms with Gasteiger partial charge in [-0.25, -0.2) is 0 Å². The summed E-state index contributed by atoms with van der Waals surface area (Å²) < 4.78 is 0. The molecule has 3 atom stereocenters. The fourth-order valence-corrected chi connectivity index (χ4v) is 7.58. The normalized spacial score (nSPS) is 25.8. The van der Waals surface area contributed by atoms with Gasteiger partial charge in [-0.3, -0.25) is 4.90 Å². The molecule has 3 aromatic carbocycles. The minimum Gasteiger partial charge on any atom is -0.508 e. The topological polar surface area (TPSA) is 26.7 Å². The van der Waals surface area contributed by atoms with Gasteiger partial charge >= 0.3 is 0 Å². The monoisotopic (exact) mass is 506 g/mol. The van der Waals surface area contributed by atoms with E-state index in [2.05, 4.69) is 84.0 Å². The van der Waals surface area contributed by atoms with Crippen molar-refractivity contribution in [2.45, 2.75) is 57.3 Å². The molecule has 2 heterocycles. The Morgan fingerprint density at radius 3 is 2.50 bits per heavy atom. The van der Waals surface area contributed by atoms with Crippen LogP contribution in [0.2, 0.25) is 0 Å². The van der Waals surface area contributed by atoms with Crippen molar-refractivity contribution in [2.24, 2.45) is 5.41 Å². The Balaban J connectivity index is 1.22. The zero-order valence-electron chi connectivity index (χ0n) is 22.9. The van der Waals surface area contributed by atoms with Crippen LogP contribution in [-0.4, -0.2) is 42.7 Å². The smallest absolute Gasteiger partial charge is 0.115 e. The van der Waals surface area contributed by atoms with Gasteiger partial charge in [0.05, 0.1) is 0 Å². The van der Waals surface area contributed by atoms with E-state index >= 15 is 0 Å². The van der Waals surface area contributed by atoms with Crippen molar-refractivity contribution >= 4 is 5.69 Å². The number of phenolic OH excluding ortho intramolecular Hbond substituents is 1. The highest BCUT2D eigenvalue weighted by Gasteiger charge is 2.39. The third kappa shape index (κ3) is 5.14. The summed E-state index contributed by atoms with van der Waals surface area (Å²) in [5, 5.41) is 10.1. The van der Waals surface area contributed by atoms with Crippen LogP contribution in [0, 0.1) is 5.41 Å². The SMILES string of the molecule is C=C(C)CN1CCCC2(CC1)CCN(c1ccc(C3c4ccc(O)cc4CCC3c3ccccc3)cc1)C2. The van der Waals surface area contributed by atoms with Crippen molar-refractivity contribution in [3.8, 4) is 5.75 Å². The quantitative estimate of drug-likeness (QED) is 0.363. The predicted octanol–water partition coefficient (Wildman–Crippen LogP) is 7.51. The van der Waals surface area contributed by atoms with Gasteiger partial charge in [-0.2, -0.15) is 0 Å². The van der Waals surface area contributed by atoms with Gasteiger partial charge in [0.25, 0.3) is 0 Å². The van der Waals surface area contributed by atoms with Crippen molar-refractivity contribution < 1.29 is 5.11 Å². The van der Waals surface area contributed by atoms with Crippen molar-refractivity contribution in [1.82, 2.24) is 4.90 Å². The van der Waals surface area contributed by atoms with Crippen LogP contribution < -0.4 is 4.90 Å². The maximum absolute atomic E-state index is 10.1. The summed E-state index contributed by atoms with van der Waals surface area (Å²) in [7, 11) is 0. The lowest BCUT2D eigenvalue weighted by Gasteiger charge is -2.35. The average Bonchev–Trinajstić information content (AvgIpc) is 3.25. The number of aryl methyl sites for hydroxylation is 1. The van der Waals surface area contributed by atoms with Crippen LogP contribution in [0.1, 0.15) is 73.1 Å². The number of nitrogens with zero attached hydrogens (tertiary/aromatic N) is 2. The molecule has 1 aliphatic carbocycles. The first-order chi connectivity index (χ1) is 18.5. The standard InChI is InChI=1S/C35H42N2O/c1-26(2)24-36-20-6-17-35(18-21-36)19-22-37(25-35)30-12-9-28(10-13-30)34-32(27-7-4-3-5-8-27)15-11-29-23-31(38)14-16-33(29)34/h3-5,7-10,12-14,16,23,32,34,38H,1,6,11,15,17-22,24-25H2,2H3. The van der Waals surface area contributed by atoms with Crippen LogP contribution in [0.3, 0.4) is 0 Å². The van der Waals surface area contributed by atoms with E-state index in [0.29, 0.717) is 23.0 Å². The van der Waals surface area contributed by atoms with E-state index < -0.39 is 0 Å². The number of rotatable bonds is 5. The van der Waals surface area contributed by atoms with E-state index in [1.807, 2.05) is 12.1 Å². The zero-order chi connectivity index (χ0) is 26.1. The summed E-state index contributed by atoms with van der Waals surface area (Å²) in [6, 6.07) is 26.5. The van der Waals surface area contributed by atoms with Gasteiger partial charge in [0.15, 0.2) is 0 Å². The number of likely N-dealkylation sites (tertiary alicyclic amines) is 1. The molecule has 2 fully saturated rings. The second-order valence-corrected chi connectivity index (χ2v) is 12.3. The molecular weight excluding hydrogens is 464 g/mol. The molecule has 3 nitrogen and oxygen atoms in total. The molecule has 198 valence electrons. The van der Waals surface area contributed by atoms with Gasteiger partial charge < -0.3 is 10.0 Å². The summed E-state index contributed by atoms with van der Waals surface area (Å²) in [6.45, 7) is 12.1. The van der Waals surface area contributed by atoms with Crippen molar-refractivity contribution in [3.05, 3.63) is 107 Å². The predicted molar refractivity (Wildman–Crippen MR) is 158 cm³/mol. The molecule has 6 rings (SSSR count). The average molecular weight is 507 g/mol. The van der Waals surface area contributed by atoms with Crippen LogP contribution in [0.25, 0.3) is 0 Å². The summed E-state index contributed by atoms with van der Waals surface area (Å²) in [5.74, 6) is 1.13. The first-order valence-corrected chi connectivity index (χ1v) is 14.6. The zero-order valence-corrected chi connectivity index (χ0v) is 22.9. The van der Waals surface area contributed by atoms with Crippen LogP contribution in [0.5, 0.6) is 5.75 Å². The van der Waals surface area contributed by atoms with E-state index in [4.69, 9.17) is 0 Å². The molecule has 2 aliphatic heterocycles. The summed E-state index contributed by atoms with van der Waals surface area (Å²) in [5.41, 5.74) is 8.57. The third-order valence-electron chi connectivity index (χ3n) is 9.51. The Kier molecular flexibility index (Phi) is 7.05. The van der Waals surface area contributed by atoms with Crippen molar-refractivity contribution in [3.63, 3.8) is 0 Å². The molecule has 0 radical (unpaired) electrons. The number of fused-ring (bicyclic) bond motifs is 1. The number of anilines is 1. The molecule has 3 aliphatic rings. The van der Waals surface area contributed by atoms with Crippen LogP contribution in [0.15, 0.2) is 84.9 Å². The maximum Gasteiger partial charge on any atom is 0.115 e. The Bertz CT molecular complexity index is 1270. The molecule has 0 amide bonds. The van der Waals surface area contributed by atoms with E-state index in [9.17, 15) is 5.11 Å². The van der Waals surface area contributed by atoms with Gasteiger partial charge in [-0.05, 0) is 116 Å². The lowest BCUT2D eigenvalue weighted by Crippen LogP contribution is -2.30. The minimum absolute atomic E-state index is 0.307. The molecule has 38 heavy (non-hydrogen) atoms. The minimum atomic E-state index is 0.307. The summed E-state index contributed by atoms with van der Waals surface area (Å²) >= 11 is 0. The summed E-state index contributed by atoms with van der Waals surface area (Å²) in [4.78, 5) is 5.25. The highest BCUT2D eigenvalue weighted by Crippen LogP contribution is 2.48. The number of hydrogen-bond acceptors (Lipinski definition) is 3. The Morgan fingerprint density at radius 1 is 0.921 bits per heavy atom. The largest absolute Gasteiger partial charge is 0.508 e. The van der Waals surface area contributed by atoms with Crippen molar-refractivity contribution in [1.29, 1.82) is 0 Å². The lowest BCUT2D eigenvalue weighted by molar-refractivity contribution is 0.260. The highest BCUT2D eigenvalue weighted by atomic mass is 16.3. The third-order valence-corrected chi connectivity index (χ3v) is 9.51. The van der Waals surface area contributed by atoms with Gasteiger partial charge in [-0.1, -0.05) is 60.7 Å². The van der Waals surface area contributed by atoms with Crippen molar-refractivity contribution in [2.75, 3.05) is 37.6 Å². The van der Waals surface area contributed by atoms with Gasteiger partial charge in [0.2, 0.25) is 0 Å². The first kappa shape index (κ1) is 25.2. The Labute approximate surface area is 228 Å². The second-order valence-electron chi connectivity index (χ2n) is 12.3. The van der Waals surface area contributed by atoms with E-state index in [0.717, 1.165) is 25.9 Å². The molecule has 0 bridgehead atoms. The van der Waals surface area contributed by atoms with Crippen LogP contribution in [0.4, 0.5) is 5.69 Å². The Hall–Kier alpha value is -3.04. The van der Waals surface area contributed by atoms with Crippen LogP contribution in [-0.2, 0) is 6.42 Å². The Morgan fingerprint density at radius 2 is 1.71 bits per heavy atom. The highest BCUT2D eigenvalue weighted by molar-refractivity contribution is 5.53. The van der Waals surface area contributed by atoms with Gasteiger partial charge in [0.1, 0.15) is 5.75 Å². The number of hydrogen-bond donors (Lipinski definition) is 1. The molecule has 3 unspecified atom stereocenters. The first-order valence-electron chi connectivity index (χ1n) is 14.6. The van der Waals surface area contributed by atoms with Gasteiger partial charge in [0, 0.05) is 31.2 Å². The summed E-state index contributed by atoms with van der Waals surface area (Å²) in [6.07, 6.45) is 7.38. The lowest BCUT2D eigenvalue weighted by atomic mass is 9.69. The van der Waals surface area contributed by atoms with E-state index in [1.165, 1.54) is 78.8 Å². The number of phenols is 1. The molecule has 3 aromatic rings. The van der Waals surface area contributed by atoms with Crippen LogP contribution >= 0.6 is 0 Å². The number of benzene rings is 3. The maximum atomic E-state index is 10.1. The molecule has 0 saturated carbocycles. The molecular formula is C35H42N2O. The molecule has 1 spiro atoms. The second kappa shape index (κ2) is 10.6. The molecule has 2 saturated heterocycles. The molecule has 0 aromatic heterocycles. The fraction of sp³-hybridized carbons (Fsp3) is 0.429. The number of aromatic hydroxyl groups is 1. The molecule has 1 N–H and O–H groups in total.